The van der Waals surface area contributed by atoms with Crippen LogP contribution in [0, 0.1) is 5.82 Å². The molecule has 1 amide bonds. The molecular formula is C17H14FN3O. The van der Waals surface area contributed by atoms with Crippen molar-refractivity contribution in [3.63, 3.8) is 0 Å². The summed E-state index contributed by atoms with van der Waals surface area (Å²) < 4.78 is 15.7. The molecule has 22 heavy (non-hydrogen) atoms. The van der Waals surface area contributed by atoms with Crippen molar-refractivity contribution in [2.75, 3.05) is 11.1 Å². The van der Waals surface area contributed by atoms with Crippen LogP contribution >= 0.6 is 0 Å². The van der Waals surface area contributed by atoms with E-state index in [0.717, 1.165) is 0 Å². The van der Waals surface area contributed by atoms with E-state index in [-0.39, 0.29) is 11.6 Å². The van der Waals surface area contributed by atoms with Gasteiger partial charge in [-0.25, -0.2) is 4.39 Å². The van der Waals surface area contributed by atoms with Gasteiger partial charge in [0.15, 0.2) is 0 Å². The Morgan fingerprint density at radius 2 is 1.73 bits per heavy atom. The fourth-order valence-corrected chi connectivity index (χ4v) is 2.16. The summed E-state index contributed by atoms with van der Waals surface area (Å²) in [4.78, 5) is 12.2. The van der Waals surface area contributed by atoms with Crippen LogP contribution < -0.4 is 11.1 Å². The molecule has 0 saturated heterocycles. The van der Waals surface area contributed by atoms with E-state index in [1.165, 1.54) is 12.1 Å². The molecule has 0 radical (unpaired) electrons. The predicted molar refractivity (Wildman–Crippen MR) is 84.5 cm³/mol. The van der Waals surface area contributed by atoms with E-state index in [9.17, 15) is 9.18 Å². The quantitative estimate of drug-likeness (QED) is 0.727. The van der Waals surface area contributed by atoms with Crippen molar-refractivity contribution < 1.29 is 9.18 Å². The van der Waals surface area contributed by atoms with Gasteiger partial charge in [-0.3, -0.25) is 4.79 Å². The average molecular weight is 295 g/mol. The lowest BCUT2D eigenvalue weighted by molar-refractivity contribution is 0.102. The summed E-state index contributed by atoms with van der Waals surface area (Å²) in [5.41, 5.74) is 7.19. The fraction of sp³-hybridized carbons (Fsp3) is 0. The molecule has 0 saturated carbocycles. The topological polar surface area (TPSA) is 60.0 Å². The fourth-order valence-electron chi connectivity index (χ4n) is 2.16. The van der Waals surface area contributed by atoms with E-state index in [0.29, 0.717) is 16.9 Å². The van der Waals surface area contributed by atoms with Crippen LogP contribution in [0.3, 0.4) is 0 Å². The Kier molecular flexibility index (Phi) is 3.62. The number of nitrogen functional groups attached to an aromatic ring is 1. The molecule has 0 bridgehead atoms. The minimum Gasteiger partial charge on any atom is -0.397 e. The van der Waals surface area contributed by atoms with Gasteiger partial charge in [-0.15, -0.1) is 0 Å². The normalized spacial score (nSPS) is 10.4. The number of halogens is 1. The minimum absolute atomic E-state index is 0.178. The molecule has 0 aliphatic rings. The number of nitrogens with zero attached hydrogens (tertiary/aromatic N) is 1. The molecule has 3 N–H and O–H groups in total. The summed E-state index contributed by atoms with van der Waals surface area (Å²) >= 11 is 0. The third kappa shape index (κ3) is 2.69. The van der Waals surface area contributed by atoms with Crippen LogP contribution in [-0.4, -0.2) is 10.5 Å². The van der Waals surface area contributed by atoms with E-state index in [1.54, 1.807) is 53.4 Å². The Labute approximate surface area is 127 Å². The molecule has 4 nitrogen and oxygen atoms in total. The largest absolute Gasteiger partial charge is 0.397 e. The first-order chi connectivity index (χ1) is 10.6. The van der Waals surface area contributed by atoms with Gasteiger partial charge in [-0.2, -0.15) is 0 Å². The molecule has 0 aliphatic heterocycles. The Hall–Kier alpha value is -3.08. The van der Waals surface area contributed by atoms with E-state index in [2.05, 4.69) is 5.32 Å². The van der Waals surface area contributed by atoms with Gasteiger partial charge in [0.05, 0.1) is 17.1 Å². The van der Waals surface area contributed by atoms with Gasteiger partial charge in [-0.05, 0) is 30.3 Å². The number of aromatic nitrogens is 1. The summed E-state index contributed by atoms with van der Waals surface area (Å²) in [5, 5.41) is 2.71. The SMILES string of the molecule is Nc1cc(F)c(-n2cccc2)cc1NC(=O)c1ccccc1. The van der Waals surface area contributed by atoms with Crippen molar-refractivity contribution >= 4 is 17.3 Å². The smallest absolute Gasteiger partial charge is 0.255 e. The molecule has 3 aromatic rings. The minimum atomic E-state index is -0.452. The second-order valence-corrected chi connectivity index (χ2v) is 4.80. The van der Waals surface area contributed by atoms with Crippen LogP contribution in [0.15, 0.2) is 67.0 Å². The third-order valence-corrected chi connectivity index (χ3v) is 3.29. The summed E-state index contributed by atoms with van der Waals surface area (Å²) in [6, 6.07) is 15.1. The molecule has 0 unspecified atom stereocenters. The second kappa shape index (κ2) is 5.73. The number of amides is 1. The van der Waals surface area contributed by atoms with Gasteiger partial charge in [0.25, 0.3) is 5.91 Å². The number of nitrogens with one attached hydrogen (secondary N) is 1. The van der Waals surface area contributed by atoms with Crippen LogP contribution in [0.25, 0.3) is 5.69 Å². The second-order valence-electron chi connectivity index (χ2n) is 4.80. The van der Waals surface area contributed by atoms with E-state index in [4.69, 9.17) is 5.73 Å². The monoisotopic (exact) mass is 295 g/mol. The van der Waals surface area contributed by atoms with Crippen molar-refractivity contribution in [1.29, 1.82) is 0 Å². The van der Waals surface area contributed by atoms with E-state index in [1.807, 2.05) is 6.07 Å². The maximum Gasteiger partial charge on any atom is 0.255 e. The van der Waals surface area contributed by atoms with Crippen LogP contribution in [0.1, 0.15) is 10.4 Å². The van der Waals surface area contributed by atoms with Gasteiger partial charge >= 0.3 is 0 Å². The summed E-state index contributed by atoms with van der Waals surface area (Å²) in [6.45, 7) is 0. The predicted octanol–water partition coefficient (Wildman–Crippen LogP) is 3.45. The van der Waals surface area contributed by atoms with Gasteiger partial charge in [0.1, 0.15) is 5.82 Å². The van der Waals surface area contributed by atoms with Crippen LogP contribution in [-0.2, 0) is 0 Å². The van der Waals surface area contributed by atoms with Crippen molar-refractivity contribution in [3.8, 4) is 5.69 Å². The summed E-state index contributed by atoms with van der Waals surface area (Å²) in [6.07, 6.45) is 3.44. The third-order valence-electron chi connectivity index (χ3n) is 3.29. The zero-order valence-electron chi connectivity index (χ0n) is 11.7. The molecule has 110 valence electrons. The average Bonchev–Trinajstić information content (AvgIpc) is 3.05. The lowest BCUT2D eigenvalue weighted by Crippen LogP contribution is -2.14. The molecule has 5 heteroatoms. The summed E-state index contributed by atoms with van der Waals surface area (Å²) in [7, 11) is 0. The van der Waals surface area contributed by atoms with Crippen molar-refractivity contribution in [2.24, 2.45) is 0 Å². The molecule has 3 rings (SSSR count). The highest BCUT2D eigenvalue weighted by molar-refractivity contribution is 6.05. The number of benzene rings is 2. The lowest BCUT2D eigenvalue weighted by Gasteiger charge is -2.12. The van der Waals surface area contributed by atoms with Crippen molar-refractivity contribution in [1.82, 2.24) is 4.57 Å². The molecule has 1 heterocycles. The molecule has 0 atom stereocenters. The molecule has 1 aromatic heterocycles. The van der Waals surface area contributed by atoms with Gasteiger partial charge in [0, 0.05) is 24.0 Å². The van der Waals surface area contributed by atoms with Gasteiger partial charge < -0.3 is 15.6 Å². The van der Waals surface area contributed by atoms with Gasteiger partial charge in [0.2, 0.25) is 0 Å². The highest BCUT2D eigenvalue weighted by Crippen LogP contribution is 2.26. The van der Waals surface area contributed by atoms with Crippen LogP contribution in [0.5, 0.6) is 0 Å². The van der Waals surface area contributed by atoms with Crippen LogP contribution in [0.2, 0.25) is 0 Å². The Balaban J connectivity index is 1.94. The molecular weight excluding hydrogens is 281 g/mol. The Morgan fingerprint density at radius 3 is 2.41 bits per heavy atom. The molecule has 0 aliphatic carbocycles. The molecule has 0 spiro atoms. The van der Waals surface area contributed by atoms with Gasteiger partial charge in [-0.1, -0.05) is 18.2 Å². The number of carbonyl (C=O) groups is 1. The lowest BCUT2D eigenvalue weighted by atomic mass is 10.2. The maximum atomic E-state index is 14.0. The highest BCUT2D eigenvalue weighted by Gasteiger charge is 2.12. The first kappa shape index (κ1) is 13.9. The number of anilines is 2. The maximum absolute atomic E-state index is 14.0. The van der Waals surface area contributed by atoms with Crippen LogP contribution in [0.4, 0.5) is 15.8 Å². The number of carbonyl (C=O) groups excluding carboxylic acids is 1. The number of hydrogen-bond donors (Lipinski definition) is 2. The number of nitrogens with two attached hydrogens (primary N) is 1. The van der Waals surface area contributed by atoms with Crippen molar-refractivity contribution in [2.45, 2.75) is 0 Å². The Morgan fingerprint density at radius 1 is 1.05 bits per heavy atom. The highest BCUT2D eigenvalue weighted by atomic mass is 19.1. The molecule has 2 aromatic carbocycles. The molecule has 0 fully saturated rings. The zero-order chi connectivity index (χ0) is 15.5. The first-order valence-corrected chi connectivity index (χ1v) is 6.74. The standard InChI is InChI=1S/C17H14FN3O/c18-13-10-14(19)15(11-16(13)21-8-4-5-9-21)20-17(22)12-6-2-1-3-7-12/h1-11H,19H2,(H,20,22). The summed E-state index contributed by atoms with van der Waals surface area (Å²) in [5.74, 6) is -0.747. The van der Waals surface area contributed by atoms with Crippen molar-refractivity contribution in [3.05, 3.63) is 78.4 Å². The zero-order valence-corrected chi connectivity index (χ0v) is 11.7. The first-order valence-electron chi connectivity index (χ1n) is 6.74. The number of hydrogen-bond acceptors (Lipinski definition) is 2. The number of rotatable bonds is 3. The Bertz CT molecular complexity index is 798. The van der Waals surface area contributed by atoms with E-state index < -0.39 is 5.82 Å². The van der Waals surface area contributed by atoms with E-state index >= 15 is 0 Å².